The summed E-state index contributed by atoms with van der Waals surface area (Å²) in [5.74, 6) is 0. The summed E-state index contributed by atoms with van der Waals surface area (Å²) in [7, 11) is 0. The molecule has 1 aliphatic heterocycles. The van der Waals surface area contributed by atoms with Crippen molar-refractivity contribution < 1.29 is 0 Å². The average molecular weight is 628 g/mol. The second-order valence-electron chi connectivity index (χ2n) is 15.2. The highest BCUT2D eigenvalue weighted by molar-refractivity contribution is 6.06. The van der Waals surface area contributed by atoms with Crippen LogP contribution in [0.1, 0.15) is 97.4 Å². The number of fused-ring (bicyclic) bond motifs is 8. The van der Waals surface area contributed by atoms with E-state index in [2.05, 4.69) is 181 Å². The van der Waals surface area contributed by atoms with Crippen molar-refractivity contribution in [3.8, 4) is 0 Å². The summed E-state index contributed by atoms with van der Waals surface area (Å²) in [6.07, 6.45) is 8.63. The van der Waals surface area contributed by atoms with Crippen LogP contribution in [0.4, 0.5) is 0 Å². The molecule has 0 fully saturated rings. The highest BCUT2D eigenvalue weighted by Gasteiger charge is 2.27. The molecule has 0 saturated heterocycles. The molecular formula is C45H45N3. The standard InChI is InChI=1S/C45H45N3/c1-28-34-24-30-17-15-16-18-31(23-30)25-35-29(2)43(45(6,7)8)39(47-35)27-37-41(33-21-13-10-14-22-33)40(32-19-11-9-12-20-32)36(48-37)26-38(46-34)42(28)44(3,4)5/h9-27,46-47H,1-8H3. The fourth-order valence-corrected chi connectivity index (χ4v) is 7.62. The van der Waals surface area contributed by atoms with Crippen LogP contribution in [0.3, 0.4) is 0 Å². The number of aromatic amines is 2. The zero-order valence-electron chi connectivity index (χ0n) is 29.4. The number of H-pyrrole nitrogens is 2. The molecule has 0 unspecified atom stereocenters. The van der Waals surface area contributed by atoms with Crippen molar-refractivity contribution in [3.05, 3.63) is 159 Å². The molecule has 2 N–H and O–H groups in total. The van der Waals surface area contributed by atoms with Crippen LogP contribution in [0, 0.1) is 13.8 Å². The van der Waals surface area contributed by atoms with E-state index in [9.17, 15) is 0 Å². The summed E-state index contributed by atoms with van der Waals surface area (Å²) < 4.78 is 0. The zero-order valence-corrected chi connectivity index (χ0v) is 29.4. The Bertz CT molecular complexity index is 2130. The number of aromatic nitrogens is 3. The third-order valence-electron chi connectivity index (χ3n) is 9.47. The van der Waals surface area contributed by atoms with Gasteiger partial charge in [0.2, 0.25) is 0 Å². The van der Waals surface area contributed by atoms with Crippen molar-refractivity contribution in [1.82, 2.24) is 15.0 Å². The normalized spacial score (nSPS) is 13.6. The van der Waals surface area contributed by atoms with E-state index in [-0.39, 0.29) is 10.8 Å². The Labute approximate surface area is 284 Å². The Kier molecular flexibility index (Phi) is 7.75. The van der Waals surface area contributed by atoms with Gasteiger partial charge in [-0.2, -0.15) is 0 Å². The molecule has 5 aromatic rings. The van der Waals surface area contributed by atoms with Crippen molar-refractivity contribution in [1.29, 1.82) is 0 Å². The second-order valence-corrected chi connectivity index (χ2v) is 15.2. The lowest BCUT2D eigenvalue weighted by Crippen LogP contribution is -2.11. The van der Waals surface area contributed by atoms with E-state index in [1.165, 1.54) is 22.3 Å². The van der Waals surface area contributed by atoms with Crippen LogP contribution in [0.15, 0.2) is 103 Å². The average Bonchev–Trinajstić information content (AvgIpc) is 3.58. The van der Waals surface area contributed by atoms with E-state index in [0.717, 1.165) is 66.9 Å². The largest absolute Gasteiger partial charge is 0.355 e. The number of aryl methyl sites for hydroxylation is 2. The summed E-state index contributed by atoms with van der Waals surface area (Å²) in [6, 6.07) is 32.9. The summed E-state index contributed by atoms with van der Waals surface area (Å²) in [5.41, 5.74) is 18.2. The highest BCUT2D eigenvalue weighted by Crippen LogP contribution is 2.42. The predicted molar refractivity (Wildman–Crippen MR) is 206 cm³/mol. The molecule has 2 aliphatic rings. The lowest BCUT2D eigenvalue weighted by molar-refractivity contribution is 0.593. The minimum Gasteiger partial charge on any atom is -0.355 e. The molecule has 0 spiro atoms. The van der Waals surface area contributed by atoms with E-state index < -0.39 is 0 Å². The summed E-state index contributed by atoms with van der Waals surface area (Å²) in [6.45, 7) is 18.3. The number of hydrogen-bond donors (Lipinski definition) is 2. The first-order chi connectivity index (χ1) is 22.9. The van der Waals surface area contributed by atoms with Gasteiger partial charge in [0.15, 0.2) is 0 Å². The van der Waals surface area contributed by atoms with Crippen molar-refractivity contribution in [2.45, 2.75) is 66.2 Å². The van der Waals surface area contributed by atoms with Gasteiger partial charge < -0.3 is 9.97 Å². The Balaban J connectivity index is 1.73. The Morgan fingerprint density at radius 2 is 0.875 bits per heavy atom. The molecule has 3 aromatic heterocycles. The lowest BCUT2D eigenvalue weighted by Gasteiger charge is -2.19. The number of nitrogens with zero attached hydrogens (tertiary/aromatic N) is 1. The number of allylic oxidation sites excluding steroid dienone is 2. The molecule has 7 rings (SSSR count). The van der Waals surface area contributed by atoms with Crippen LogP contribution in [0.25, 0.3) is 45.4 Å². The van der Waals surface area contributed by atoms with Crippen LogP contribution < -0.4 is 0 Å². The van der Waals surface area contributed by atoms with Crippen molar-refractivity contribution >= 4 is 45.4 Å². The van der Waals surface area contributed by atoms with Gasteiger partial charge in [-0.3, -0.25) is 0 Å². The fourth-order valence-electron chi connectivity index (χ4n) is 7.62. The van der Waals surface area contributed by atoms with E-state index >= 15 is 0 Å². The van der Waals surface area contributed by atoms with Crippen LogP contribution >= 0.6 is 0 Å². The fraction of sp³-hybridized carbons (Fsp3) is 0.222. The number of rotatable bonds is 2. The minimum absolute atomic E-state index is 0.0854. The summed E-state index contributed by atoms with van der Waals surface area (Å²) in [5, 5.41) is 0. The first-order valence-electron chi connectivity index (χ1n) is 17.0. The van der Waals surface area contributed by atoms with Gasteiger partial charge in [-0.05, 0) is 99.5 Å². The zero-order chi connectivity index (χ0) is 33.8. The molecule has 8 bridgehead atoms. The molecule has 2 aromatic carbocycles. The molecule has 240 valence electrons. The first kappa shape index (κ1) is 31.4. The van der Waals surface area contributed by atoms with Crippen LogP contribution in [0.2, 0.25) is 0 Å². The maximum Gasteiger partial charge on any atom is 0.0743 e. The molecule has 0 saturated carbocycles. The smallest absolute Gasteiger partial charge is 0.0743 e. The lowest BCUT2D eigenvalue weighted by atomic mass is 9.84. The topological polar surface area (TPSA) is 44.5 Å². The van der Waals surface area contributed by atoms with Gasteiger partial charge in [-0.25, -0.2) is 4.98 Å². The molecule has 3 nitrogen and oxygen atoms in total. The molecule has 3 heteroatoms. The Hall–Kier alpha value is -5.15. The molecule has 0 amide bonds. The molecule has 0 atom stereocenters. The first-order valence-corrected chi connectivity index (χ1v) is 17.0. The van der Waals surface area contributed by atoms with Crippen LogP contribution in [0.5, 0.6) is 0 Å². The minimum atomic E-state index is -0.0854. The molecule has 4 heterocycles. The maximum atomic E-state index is 5.53. The molecule has 48 heavy (non-hydrogen) atoms. The van der Waals surface area contributed by atoms with Gasteiger partial charge in [0.05, 0.1) is 11.4 Å². The van der Waals surface area contributed by atoms with Gasteiger partial charge in [0.25, 0.3) is 0 Å². The third kappa shape index (κ3) is 5.79. The van der Waals surface area contributed by atoms with E-state index in [1.54, 1.807) is 0 Å². The third-order valence-corrected chi connectivity index (χ3v) is 9.47. The van der Waals surface area contributed by atoms with Gasteiger partial charge >= 0.3 is 0 Å². The van der Waals surface area contributed by atoms with Crippen molar-refractivity contribution in [3.63, 3.8) is 0 Å². The predicted octanol–water partition coefficient (Wildman–Crippen LogP) is 11.9. The van der Waals surface area contributed by atoms with Crippen molar-refractivity contribution in [2.24, 2.45) is 0 Å². The van der Waals surface area contributed by atoms with E-state index in [4.69, 9.17) is 4.98 Å². The van der Waals surface area contributed by atoms with Gasteiger partial charge in [0, 0.05) is 33.2 Å². The number of nitrogens with one attached hydrogen (secondary N) is 2. The number of benzene rings is 2. The second kappa shape index (κ2) is 11.8. The number of hydrogen-bond acceptors (Lipinski definition) is 1. The maximum absolute atomic E-state index is 5.53. The monoisotopic (exact) mass is 627 g/mol. The summed E-state index contributed by atoms with van der Waals surface area (Å²) in [4.78, 5) is 13.2. The quantitative estimate of drug-likeness (QED) is 0.197. The highest BCUT2D eigenvalue weighted by atomic mass is 14.8. The summed E-state index contributed by atoms with van der Waals surface area (Å²) >= 11 is 0. The van der Waals surface area contributed by atoms with Gasteiger partial charge in [0.1, 0.15) is 0 Å². The van der Waals surface area contributed by atoms with Crippen LogP contribution in [-0.2, 0) is 10.8 Å². The van der Waals surface area contributed by atoms with Gasteiger partial charge in [-0.15, -0.1) is 0 Å². The van der Waals surface area contributed by atoms with E-state index in [1.807, 2.05) is 0 Å². The Morgan fingerprint density at radius 1 is 0.479 bits per heavy atom. The SMILES string of the molecule is Cc1c(C(C)(C)C)c2cc3nc(cc4[nH]c(cc5cc(cc1[nH]2)C=CC=C5)c(C)c4C(C)(C)C)C(c1ccccc1)=C3c1ccccc1. The molecule has 0 radical (unpaired) electrons. The Morgan fingerprint density at radius 3 is 1.25 bits per heavy atom. The van der Waals surface area contributed by atoms with Crippen molar-refractivity contribution in [2.75, 3.05) is 0 Å². The van der Waals surface area contributed by atoms with Crippen LogP contribution in [-0.4, -0.2) is 15.0 Å². The molecule has 1 aliphatic carbocycles. The molecular weight excluding hydrogens is 583 g/mol. The van der Waals surface area contributed by atoms with Gasteiger partial charge in [-0.1, -0.05) is 127 Å². The van der Waals surface area contributed by atoms with E-state index in [0.29, 0.717) is 0 Å².